The van der Waals surface area contributed by atoms with Crippen LogP contribution in [0.3, 0.4) is 0 Å². The van der Waals surface area contributed by atoms with Crippen molar-refractivity contribution in [2.45, 2.75) is 175 Å². The van der Waals surface area contributed by atoms with Crippen LogP contribution in [0.15, 0.2) is 133 Å². The summed E-state index contributed by atoms with van der Waals surface area (Å²) in [7, 11) is 0. The molecular formula is C75H100N2O6. The lowest BCUT2D eigenvalue weighted by Gasteiger charge is -2.40. The molecule has 0 bridgehead atoms. The van der Waals surface area contributed by atoms with Gasteiger partial charge in [0.05, 0.1) is 52.9 Å². The smallest absolute Gasteiger partial charge is 0.119 e. The first-order valence-electron chi connectivity index (χ1n) is 32.5. The molecule has 0 radical (unpaired) electrons. The van der Waals surface area contributed by atoms with Crippen LogP contribution in [0.4, 0.5) is 28.4 Å². The average Bonchev–Trinajstić information content (AvgIpc) is 1.75. The first-order valence-corrected chi connectivity index (χ1v) is 32.5. The summed E-state index contributed by atoms with van der Waals surface area (Å²) in [5, 5.41) is 3.59. The number of rotatable bonds is 37. The van der Waals surface area contributed by atoms with Gasteiger partial charge in [0, 0.05) is 57.9 Å². The summed E-state index contributed by atoms with van der Waals surface area (Å²) in [6, 6.07) is 50.0. The van der Waals surface area contributed by atoms with Crippen molar-refractivity contribution in [3.8, 4) is 33.8 Å². The highest BCUT2D eigenvalue weighted by atomic mass is 16.5. The normalized spacial score (nSPS) is 15.5. The molecule has 9 rings (SSSR count). The molecule has 0 amide bonds. The van der Waals surface area contributed by atoms with Crippen LogP contribution in [-0.2, 0) is 29.8 Å². The van der Waals surface area contributed by atoms with E-state index >= 15 is 0 Å². The number of nitrogens with zero attached hydrogens (tertiary/aromatic N) is 1. The molecule has 1 aliphatic carbocycles. The molecule has 6 aromatic carbocycles. The first kappa shape index (κ1) is 61.9. The molecule has 0 aromatic heterocycles. The van der Waals surface area contributed by atoms with E-state index in [1.165, 1.54) is 103 Å². The van der Waals surface area contributed by atoms with Gasteiger partial charge < -0.3 is 38.6 Å². The summed E-state index contributed by atoms with van der Waals surface area (Å²) in [5.41, 5.74) is 15.8. The Labute approximate surface area is 500 Å². The van der Waals surface area contributed by atoms with Crippen molar-refractivity contribution in [2.75, 3.05) is 76.3 Å². The molecular weight excluding hydrogens is 1020 g/mol. The quantitative estimate of drug-likeness (QED) is 0.0387. The summed E-state index contributed by atoms with van der Waals surface area (Å²) in [6.07, 6.45) is 20.7. The van der Waals surface area contributed by atoms with Crippen LogP contribution in [-0.4, -0.2) is 66.1 Å². The minimum atomic E-state index is -0.0548. The van der Waals surface area contributed by atoms with Gasteiger partial charge in [-0.2, -0.15) is 0 Å². The van der Waals surface area contributed by atoms with E-state index in [0.29, 0.717) is 13.2 Å². The van der Waals surface area contributed by atoms with Gasteiger partial charge in [0.15, 0.2) is 0 Å². The second kappa shape index (κ2) is 29.9. The number of benzene rings is 6. The van der Waals surface area contributed by atoms with E-state index in [1.54, 1.807) is 5.56 Å². The molecule has 2 aliphatic heterocycles. The molecule has 8 nitrogen and oxygen atoms in total. The lowest BCUT2D eigenvalue weighted by atomic mass is 9.69. The fraction of sp³-hybridized carbons (Fsp3) is 0.520. The van der Waals surface area contributed by atoms with E-state index in [9.17, 15) is 0 Å². The molecule has 83 heavy (non-hydrogen) atoms. The monoisotopic (exact) mass is 1120 g/mol. The summed E-state index contributed by atoms with van der Waals surface area (Å²) >= 11 is 0. The van der Waals surface area contributed by atoms with E-state index < -0.39 is 0 Å². The van der Waals surface area contributed by atoms with Crippen molar-refractivity contribution in [1.29, 1.82) is 0 Å². The van der Waals surface area contributed by atoms with Gasteiger partial charge in [0.2, 0.25) is 0 Å². The second-order valence-electron chi connectivity index (χ2n) is 25.0. The van der Waals surface area contributed by atoms with E-state index in [2.05, 4.69) is 180 Å². The maximum absolute atomic E-state index is 6.38. The van der Waals surface area contributed by atoms with Gasteiger partial charge in [0.25, 0.3) is 0 Å². The Hall–Kier alpha value is -5.64. The second-order valence-corrected chi connectivity index (χ2v) is 25.0. The topological polar surface area (TPSA) is 70.7 Å². The summed E-state index contributed by atoms with van der Waals surface area (Å²) in [4.78, 5) is 2.47. The lowest BCUT2D eigenvalue weighted by molar-refractivity contribution is -0.150. The number of hydrogen-bond donors (Lipinski definition) is 1. The summed E-state index contributed by atoms with van der Waals surface area (Å²) < 4.78 is 35.4. The number of fused-ring (bicyclic) bond motifs is 3. The van der Waals surface area contributed by atoms with Crippen LogP contribution in [0.5, 0.6) is 11.5 Å². The van der Waals surface area contributed by atoms with E-state index in [-0.39, 0.29) is 21.7 Å². The van der Waals surface area contributed by atoms with E-state index in [1.807, 2.05) is 12.1 Å². The maximum Gasteiger partial charge on any atom is 0.119 e. The Kier molecular flexibility index (Phi) is 22.3. The molecule has 8 heteroatoms. The van der Waals surface area contributed by atoms with Crippen LogP contribution < -0.4 is 19.7 Å². The Morgan fingerprint density at radius 2 is 0.892 bits per heavy atom. The standard InChI is InChI=1S/C75H100N2O6/c1-8-14-16-18-44-75(45-19-17-15-9-2)70-50-60(72(7,10-3)11-4)28-42-68(70)69-43-37-65(51-71(69)75)77(64-35-40-67(41-36-64)83-49-23-21-47-79-53-74(13-6)56-81-57-74)63-33-26-59(27-34-63)58-24-29-61(30-25-58)76-62-31-38-66(39-32-62)82-48-22-20-46-78-52-73(12-5)54-80-55-73/h24-43,50-51,76H,8-23,44-49,52-57H2,1-7H3. The molecule has 446 valence electrons. The molecule has 0 saturated carbocycles. The fourth-order valence-electron chi connectivity index (χ4n) is 12.6. The molecule has 0 spiro atoms. The Morgan fingerprint density at radius 3 is 1.36 bits per heavy atom. The highest BCUT2D eigenvalue weighted by Gasteiger charge is 2.44. The van der Waals surface area contributed by atoms with Crippen LogP contribution >= 0.6 is 0 Å². The summed E-state index contributed by atoms with van der Waals surface area (Å²) in [5.74, 6) is 1.77. The third-order valence-corrected chi connectivity index (χ3v) is 19.2. The predicted octanol–water partition coefficient (Wildman–Crippen LogP) is 20.1. The van der Waals surface area contributed by atoms with Crippen LogP contribution in [0.1, 0.15) is 181 Å². The summed E-state index contributed by atoms with van der Waals surface area (Å²) in [6.45, 7) is 24.1. The van der Waals surface area contributed by atoms with Crippen molar-refractivity contribution in [2.24, 2.45) is 10.8 Å². The maximum atomic E-state index is 6.38. The van der Waals surface area contributed by atoms with Crippen LogP contribution in [0, 0.1) is 10.8 Å². The van der Waals surface area contributed by atoms with Gasteiger partial charge in [-0.3, -0.25) is 0 Å². The van der Waals surface area contributed by atoms with Crippen LogP contribution in [0.2, 0.25) is 0 Å². The molecule has 2 heterocycles. The molecule has 2 saturated heterocycles. The van der Waals surface area contributed by atoms with Gasteiger partial charge in [0.1, 0.15) is 11.5 Å². The van der Waals surface area contributed by atoms with Crippen molar-refractivity contribution < 1.29 is 28.4 Å². The number of hydrogen-bond acceptors (Lipinski definition) is 8. The number of nitrogens with one attached hydrogen (secondary N) is 1. The zero-order valence-electron chi connectivity index (χ0n) is 51.9. The molecule has 3 aliphatic rings. The van der Waals surface area contributed by atoms with Gasteiger partial charge in [-0.25, -0.2) is 0 Å². The molecule has 1 N–H and O–H groups in total. The van der Waals surface area contributed by atoms with Crippen LogP contribution in [0.25, 0.3) is 22.3 Å². The van der Waals surface area contributed by atoms with E-state index in [4.69, 9.17) is 28.4 Å². The zero-order valence-corrected chi connectivity index (χ0v) is 51.9. The number of unbranched alkanes of at least 4 members (excludes halogenated alkanes) is 8. The molecule has 6 aromatic rings. The zero-order chi connectivity index (χ0) is 58.0. The predicted molar refractivity (Wildman–Crippen MR) is 346 cm³/mol. The van der Waals surface area contributed by atoms with Gasteiger partial charge in [-0.15, -0.1) is 0 Å². The highest BCUT2D eigenvalue weighted by Crippen LogP contribution is 2.57. The fourth-order valence-corrected chi connectivity index (χ4v) is 12.6. The Bertz CT molecular complexity index is 2860. The molecule has 0 unspecified atom stereocenters. The number of anilines is 5. The van der Waals surface area contributed by atoms with Gasteiger partial charge in [-0.1, -0.05) is 148 Å². The molecule has 2 fully saturated rings. The van der Waals surface area contributed by atoms with Crippen molar-refractivity contribution in [3.63, 3.8) is 0 Å². The van der Waals surface area contributed by atoms with Crippen molar-refractivity contribution in [1.82, 2.24) is 0 Å². The van der Waals surface area contributed by atoms with Crippen molar-refractivity contribution in [3.05, 3.63) is 150 Å². The SMILES string of the molecule is CCCCCCC1(CCCCCC)c2cc(N(c3ccc(OCCCCOCC4(CC)COC4)cc3)c3ccc(-c4ccc(Nc5ccc(OCCCCOCC6(CC)COC6)cc5)cc4)cc3)ccc2-c2ccc(C(C)(CC)CC)cc21. The number of ether oxygens (including phenoxy) is 6. The Balaban J connectivity index is 0.933. The van der Waals surface area contributed by atoms with E-state index in [0.717, 1.165) is 138 Å². The minimum absolute atomic E-state index is 0.0548. The third kappa shape index (κ3) is 15.3. The highest BCUT2D eigenvalue weighted by molar-refractivity contribution is 5.86. The average molecular weight is 1130 g/mol. The van der Waals surface area contributed by atoms with Gasteiger partial charge in [-0.05, 0) is 193 Å². The van der Waals surface area contributed by atoms with Gasteiger partial charge >= 0.3 is 0 Å². The minimum Gasteiger partial charge on any atom is -0.494 e. The lowest BCUT2D eigenvalue weighted by Crippen LogP contribution is -2.45. The first-order chi connectivity index (χ1) is 40.6. The third-order valence-electron chi connectivity index (χ3n) is 19.2. The van der Waals surface area contributed by atoms with Crippen molar-refractivity contribution >= 4 is 28.4 Å². The molecule has 0 atom stereocenters. The largest absolute Gasteiger partial charge is 0.494 e. The Morgan fingerprint density at radius 1 is 0.458 bits per heavy atom.